The van der Waals surface area contributed by atoms with Gasteiger partial charge < -0.3 is 5.32 Å². The zero-order valence-corrected chi connectivity index (χ0v) is 16.4. The van der Waals surface area contributed by atoms with Crippen molar-refractivity contribution in [1.29, 1.82) is 0 Å². The minimum atomic E-state index is -0.228. The van der Waals surface area contributed by atoms with Gasteiger partial charge in [-0.2, -0.15) is 0 Å². The summed E-state index contributed by atoms with van der Waals surface area (Å²) < 4.78 is 3.34. The summed E-state index contributed by atoms with van der Waals surface area (Å²) in [5.74, 6) is -0.228. The molecule has 0 radical (unpaired) electrons. The molecule has 146 valence electrons. The lowest BCUT2D eigenvalue weighted by Crippen LogP contribution is -2.32. The molecule has 0 bridgehead atoms. The fourth-order valence-electron chi connectivity index (χ4n) is 3.50. The minimum Gasteiger partial charge on any atom is -0.350 e. The largest absolute Gasteiger partial charge is 0.350 e. The van der Waals surface area contributed by atoms with Gasteiger partial charge in [-0.15, -0.1) is 0 Å². The SMILES string of the molecule is Cc1c(C)n(-c2ccccc2)c2ncn(CC(=O)NCc3ccccc3)c(=O)c12. The van der Waals surface area contributed by atoms with Gasteiger partial charge in [0.15, 0.2) is 5.65 Å². The van der Waals surface area contributed by atoms with Crippen molar-refractivity contribution in [2.45, 2.75) is 26.9 Å². The van der Waals surface area contributed by atoms with Crippen LogP contribution in [0.5, 0.6) is 0 Å². The van der Waals surface area contributed by atoms with E-state index in [4.69, 9.17) is 0 Å². The summed E-state index contributed by atoms with van der Waals surface area (Å²) in [7, 11) is 0. The van der Waals surface area contributed by atoms with E-state index in [2.05, 4.69) is 10.3 Å². The van der Waals surface area contributed by atoms with Crippen LogP contribution in [0.2, 0.25) is 0 Å². The molecule has 4 aromatic rings. The minimum absolute atomic E-state index is 0.0659. The molecule has 0 saturated heterocycles. The van der Waals surface area contributed by atoms with Crippen molar-refractivity contribution in [2.75, 3.05) is 0 Å². The maximum absolute atomic E-state index is 13.1. The van der Waals surface area contributed by atoms with Crippen molar-refractivity contribution < 1.29 is 4.79 Å². The predicted molar refractivity (Wildman–Crippen MR) is 113 cm³/mol. The zero-order valence-electron chi connectivity index (χ0n) is 16.4. The van der Waals surface area contributed by atoms with Gasteiger partial charge >= 0.3 is 0 Å². The summed E-state index contributed by atoms with van der Waals surface area (Å²) in [6.45, 7) is 4.25. The Morgan fingerprint density at radius 3 is 2.34 bits per heavy atom. The van der Waals surface area contributed by atoms with Crippen LogP contribution >= 0.6 is 0 Å². The van der Waals surface area contributed by atoms with Crippen molar-refractivity contribution in [3.8, 4) is 5.69 Å². The Morgan fingerprint density at radius 1 is 1.00 bits per heavy atom. The van der Waals surface area contributed by atoms with Gasteiger partial charge in [0.2, 0.25) is 5.91 Å². The highest BCUT2D eigenvalue weighted by molar-refractivity contribution is 5.83. The second-order valence-electron chi connectivity index (χ2n) is 7.02. The first kappa shape index (κ1) is 18.7. The lowest BCUT2D eigenvalue weighted by Gasteiger charge is -2.09. The summed E-state index contributed by atoms with van der Waals surface area (Å²) in [5.41, 5.74) is 4.20. The van der Waals surface area contributed by atoms with Gasteiger partial charge in [-0.3, -0.25) is 18.7 Å². The quantitative estimate of drug-likeness (QED) is 0.573. The Kier molecular flexibility index (Phi) is 4.99. The molecule has 29 heavy (non-hydrogen) atoms. The van der Waals surface area contributed by atoms with E-state index in [1.807, 2.05) is 79.1 Å². The van der Waals surface area contributed by atoms with Crippen molar-refractivity contribution in [2.24, 2.45) is 0 Å². The Morgan fingerprint density at radius 2 is 1.66 bits per heavy atom. The monoisotopic (exact) mass is 386 g/mol. The Hall–Kier alpha value is -3.67. The molecule has 2 aromatic heterocycles. The molecule has 0 aliphatic carbocycles. The van der Waals surface area contributed by atoms with Crippen LogP contribution < -0.4 is 10.9 Å². The van der Waals surface area contributed by atoms with Crippen LogP contribution in [-0.4, -0.2) is 20.0 Å². The van der Waals surface area contributed by atoms with E-state index in [0.717, 1.165) is 22.5 Å². The Bertz CT molecular complexity index is 1220. The van der Waals surface area contributed by atoms with Crippen LogP contribution in [0, 0.1) is 13.8 Å². The van der Waals surface area contributed by atoms with Gasteiger partial charge in [-0.05, 0) is 37.1 Å². The lowest BCUT2D eigenvalue weighted by molar-refractivity contribution is -0.121. The maximum Gasteiger partial charge on any atom is 0.263 e. The molecular weight excluding hydrogens is 364 g/mol. The summed E-state index contributed by atoms with van der Waals surface area (Å²) in [5, 5.41) is 3.39. The number of hydrogen-bond acceptors (Lipinski definition) is 3. The first-order valence-electron chi connectivity index (χ1n) is 9.49. The van der Waals surface area contributed by atoms with Crippen molar-refractivity contribution in [3.05, 3.63) is 94.2 Å². The summed E-state index contributed by atoms with van der Waals surface area (Å²) >= 11 is 0. The number of carbonyl (C=O) groups excluding carboxylic acids is 1. The van der Waals surface area contributed by atoms with Crippen LogP contribution in [0.1, 0.15) is 16.8 Å². The molecule has 0 aliphatic heterocycles. The van der Waals surface area contributed by atoms with Crippen molar-refractivity contribution in [3.63, 3.8) is 0 Å². The number of benzene rings is 2. The zero-order chi connectivity index (χ0) is 20.4. The number of para-hydroxylation sites is 1. The molecule has 0 fully saturated rings. The molecule has 0 atom stereocenters. The number of carbonyl (C=O) groups is 1. The highest BCUT2D eigenvalue weighted by Crippen LogP contribution is 2.24. The molecule has 6 nitrogen and oxygen atoms in total. The lowest BCUT2D eigenvalue weighted by atomic mass is 10.2. The third-order valence-corrected chi connectivity index (χ3v) is 5.14. The molecule has 0 saturated carbocycles. The molecule has 2 aromatic carbocycles. The first-order chi connectivity index (χ1) is 14.1. The molecule has 2 heterocycles. The van der Waals surface area contributed by atoms with E-state index in [-0.39, 0.29) is 18.0 Å². The van der Waals surface area contributed by atoms with Crippen LogP contribution in [0.4, 0.5) is 0 Å². The fourth-order valence-corrected chi connectivity index (χ4v) is 3.50. The number of hydrogen-bond donors (Lipinski definition) is 1. The number of nitrogens with one attached hydrogen (secondary N) is 1. The number of nitrogens with zero attached hydrogens (tertiary/aromatic N) is 3. The first-order valence-corrected chi connectivity index (χ1v) is 9.49. The molecule has 0 spiro atoms. The van der Waals surface area contributed by atoms with E-state index >= 15 is 0 Å². The van der Waals surface area contributed by atoms with Crippen LogP contribution in [0.15, 0.2) is 71.8 Å². The van der Waals surface area contributed by atoms with Crippen molar-refractivity contribution in [1.82, 2.24) is 19.4 Å². The van der Waals surface area contributed by atoms with Gasteiger partial charge in [0.05, 0.1) is 5.39 Å². The third kappa shape index (κ3) is 3.57. The summed E-state index contributed by atoms with van der Waals surface area (Å²) in [6.07, 6.45) is 1.45. The van der Waals surface area contributed by atoms with E-state index in [0.29, 0.717) is 17.6 Å². The molecule has 1 amide bonds. The molecule has 0 unspecified atom stereocenters. The third-order valence-electron chi connectivity index (χ3n) is 5.14. The van der Waals surface area contributed by atoms with Gasteiger partial charge in [-0.25, -0.2) is 4.98 Å². The average Bonchev–Trinajstić information content (AvgIpc) is 3.01. The second kappa shape index (κ2) is 7.75. The Balaban J connectivity index is 1.64. The van der Waals surface area contributed by atoms with Crippen LogP contribution in [-0.2, 0) is 17.9 Å². The van der Waals surface area contributed by atoms with Crippen LogP contribution in [0.25, 0.3) is 16.7 Å². The predicted octanol–water partition coefficient (Wildman–Crippen LogP) is 3.12. The Labute approximate surface area is 168 Å². The van der Waals surface area contributed by atoms with Crippen LogP contribution in [0.3, 0.4) is 0 Å². The highest BCUT2D eigenvalue weighted by atomic mass is 16.2. The summed E-state index contributed by atoms with van der Waals surface area (Å²) in [6, 6.07) is 19.5. The molecule has 4 rings (SSSR count). The molecule has 6 heteroatoms. The molecular formula is C23H22N4O2. The van der Waals surface area contributed by atoms with E-state index in [1.54, 1.807) is 0 Å². The second-order valence-corrected chi connectivity index (χ2v) is 7.02. The van der Waals surface area contributed by atoms with Gasteiger partial charge in [0.1, 0.15) is 12.9 Å². The van der Waals surface area contributed by atoms with Crippen molar-refractivity contribution >= 4 is 16.9 Å². The number of aromatic nitrogens is 3. The normalized spacial score (nSPS) is 11.0. The molecule has 1 N–H and O–H groups in total. The summed E-state index contributed by atoms with van der Waals surface area (Å²) in [4.78, 5) is 30.0. The van der Waals surface area contributed by atoms with Gasteiger partial charge in [-0.1, -0.05) is 48.5 Å². The standard InChI is InChI=1S/C23H22N4O2/c1-16-17(2)27(19-11-7-4-8-12-19)22-21(16)23(29)26(15-25-22)14-20(28)24-13-18-9-5-3-6-10-18/h3-12,15H,13-14H2,1-2H3,(H,24,28). The maximum atomic E-state index is 13.1. The molecule has 0 aliphatic rings. The number of fused-ring (bicyclic) bond motifs is 1. The van der Waals surface area contributed by atoms with E-state index < -0.39 is 0 Å². The fraction of sp³-hybridized carbons (Fsp3) is 0.174. The van der Waals surface area contributed by atoms with Gasteiger partial charge in [0.25, 0.3) is 5.56 Å². The van der Waals surface area contributed by atoms with E-state index in [1.165, 1.54) is 10.9 Å². The average molecular weight is 386 g/mol. The number of aryl methyl sites for hydroxylation is 1. The van der Waals surface area contributed by atoms with Gasteiger partial charge in [0, 0.05) is 17.9 Å². The number of amides is 1. The number of rotatable bonds is 5. The van der Waals surface area contributed by atoms with E-state index in [9.17, 15) is 9.59 Å². The highest BCUT2D eigenvalue weighted by Gasteiger charge is 2.18. The smallest absolute Gasteiger partial charge is 0.263 e. The topological polar surface area (TPSA) is 68.9 Å².